The number of sulfonamides is 1. The van der Waals surface area contributed by atoms with Gasteiger partial charge in [0.1, 0.15) is 0 Å². The Hall–Kier alpha value is -1.97. The molecule has 144 valence electrons. The Labute approximate surface area is 154 Å². The number of carbonyl (C=O) groups excluding carboxylic acids is 2. The fourth-order valence-corrected chi connectivity index (χ4v) is 3.70. The fraction of sp³-hybridized carbons (Fsp3) is 0.529. The van der Waals surface area contributed by atoms with E-state index >= 15 is 0 Å². The van der Waals surface area contributed by atoms with Crippen LogP contribution in [0.15, 0.2) is 29.2 Å². The first-order valence-corrected chi connectivity index (χ1v) is 10.2. The van der Waals surface area contributed by atoms with E-state index in [1.54, 1.807) is 19.9 Å². The van der Waals surface area contributed by atoms with Gasteiger partial charge in [-0.05, 0) is 51.4 Å². The molecule has 1 heterocycles. The van der Waals surface area contributed by atoms with Gasteiger partial charge in [0.25, 0.3) is 5.91 Å². The highest BCUT2D eigenvalue weighted by atomic mass is 32.2. The molecule has 1 aromatic carbocycles. The normalized spacial score (nSPS) is 17.3. The van der Waals surface area contributed by atoms with Gasteiger partial charge in [-0.25, -0.2) is 13.1 Å². The number of amides is 2. The lowest BCUT2D eigenvalue weighted by Crippen LogP contribution is -2.39. The summed E-state index contributed by atoms with van der Waals surface area (Å²) in [5.74, 6) is -0.741. The van der Waals surface area contributed by atoms with Crippen LogP contribution in [0.3, 0.4) is 0 Å². The van der Waals surface area contributed by atoms with E-state index < -0.39 is 15.9 Å². The molecular formula is C17H26N4O4S. The zero-order valence-corrected chi connectivity index (χ0v) is 15.9. The second-order valence-electron chi connectivity index (χ2n) is 6.58. The number of rotatable bonds is 8. The SMILES string of the molecule is CC(C)NC(=O)CNS(=O)(=O)c1cccc(C(=O)NC[C@H]2CCCN2)c1. The van der Waals surface area contributed by atoms with E-state index in [2.05, 4.69) is 20.7 Å². The highest BCUT2D eigenvalue weighted by Gasteiger charge is 2.19. The van der Waals surface area contributed by atoms with Crippen molar-refractivity contribution in [3.05, 3.63) is 29.8 Å². The number of hydrogen-bond acceptors (Lipinski definition) is 5. The van der Waals surface area contributed by atoms with E-state index in [4.69, 9.17) is 0 Å². The molecule has 1 fully saturated rings. The van der Waals surface area contributed by atoms with Gasteiger partial charge in [0.2, 0.25) is 15.9 Å². The standard InChI is InChI=1S/C17H26N4O4S/c1-12(2)21-16(22)11-20-26(24,25)15-7-3-5-13(9-15)17(23)19-10-14-6-4-8-18-14/h3,5,7,9,12,14,18,20H,4,6,8,10-11H2,1-2H3,(H,19,23)(H,21,22)/t14-/m1/s1. The summed E-state index contributed by atoms with van der Waals surface area (Å²) in [6.45, 7) is 4.67. The largest absolute Gasteiger partial charge is 0.353 e. The maximum absolute atomic E-state index is 12.3. The van der Waals surface area contributed by atoms with Gasteiger partial charge in [-0.3, -0.25) is 9.59 Å². The lowest BCUT2D eigenvalue weighted by Gasteiger charge is -2.12. The summed E-state index contributed by atoms with van der Waals surface area (Å²) in [6.07, 6.45) is 2.10. The molecule has 1 aliphatic rings. The first kappa shape index (κ1) is 20.3. The second-order valence-corrected chi connectivity index (χ2v) is 8.34. The number of nitrogens with one attached hydrogen (secondary N) is 4. The Morgan fingerprint density at radius 3 is 2.73 bits per heavy atom. The summed E-state index contributed by atoms with van der Waals surface area (Å²) in [5, 5.41) is 8.70. The highest BCUT2D eigenvalue weighted by molar-refractivity contribution is 7.89. The molecule has 0 spiro atoms. The van der Waals surface area contributed by atoms with Crippen LogP contribution < -0.4 is 20.7 Å². The zero-order chi connectivity index (χ0) is 19.2. The molecule has 9 heteroatoms. The van der Waals surface area contributed by atoms with Gasteiger partial charge in [0.05, 0.1) is 11.4 Å². The van der Waals surface area contributed by atoms with Gasteiger partial charge in [-0.1, -0.05) is 6.07 Å². The topological polar surface area (TPSA) is 116 Å². The third-order valence-corrected chi connectivity index (χ3v) is 5.35. The predicted octanol–water partition coefficient (Wildman–Crippen LogP) is -0.0287. The van der Waals surface area contributed by atoms with E-state index in [9.17, 15) is 18.0 Å². The predicted molar refractivity (Wildman–Crippen MR) is 98.3 cm³/mol. The zero-order valence-electron chi connectivity index (χ0n) is 15.0. The summed E-state index contributed by atoms with van der Waals surface area (Å²) < 4.78 is 26.9. The number of carbonyl (C=O) groups is 2. The Balaban J connectivity index is 1.97. The number of hydrogen-bond donors (Lipinski definition) is 4. The summed E-state index contributed by atoms with van der Waals surface area (Å²) >= 11 is 0. The Morgan fingerprint density at radius 1 is 1.31 bits per heavy atom. The molecule has 0 bridgehead atoms. The molecule has 1 aromatic rings. The van der Waals surface area contributed by atoms with Crippen molar-refractivity contribution in [2.45, 2.75) is 43.7 Å². The minimum absolute atomic E-state index is 0.0542. The van der Waals surface area contributed by atoms with Crippen LogP contribution in [0.5, 0.6) is 0 Å². The molecule has 0 aromatic heterocycles. The van der Waals surface area contributed by atoms with Gasteiger partial charge in [-0.15, -0.1) is 0 Å². The van der Waals surface area contributed by atoms with E-state index in [0.717, 1.165) is 19.4 Å². The first-order chi connectivity index (χ1) is 12.3. The van der Waals surface area contributed by atoms with Crippen LogP contribution >= 0.6 is 0 Å². The molecule has 0 radical (unpaired) electrons. The van der Waals surface area contributed by atoms with Gasteiger partial charge in [-0.2, -0.15) is 0 Å². The van der Waals surface area contributed by atoms with Gasteiger partial charge < -0.3 is 16.0 Å². The monoisotopic (exact) mass is 382 g/mol. The van der Waals surface area contributed by atoms with Crippen molar-refractivity contribution >= 4 is 21.8 Å². The lowest BCUT2D eigenvalue weighted by molar-refractivity contribution is -0.120. The van der Waals surface area contributed by atoms with E-state index in [1.165, 1.54) is 18.2 Å². The van der Waals surface area contributed by atoms with Crippen molar-refractivity contribution in [3.8, 4) is 0 Å². The van der Waals surface area contributed by atoms with Gasteiger partial charge >= 0.3 is 0 Å². The van der Waals surface area contributed by atoms with E-state index in [1.807, 2.05) is 0 Å². The Bertz CT molecular complexity index is 743. The summed E-state index contributed by atoms with van der Waals surface area (Å²) in [5.41, 5.74) is 0.262. The summed E-state index contributed by atoms with van der Waals surface area (Å²) in [6, 6.07) is 5.94. The molecule has 1 atom stereocenters. The fourth-order valence-electron chi connectivity index (χ4n) is 2.67. The third-order valence-electron chi connectivity index (χ3n) is 3.95. The second kappa shape index (κ2) is 9.11. The maximum atomic E-state index is 12.3. The average Bonchev–Trinajstić information content (AvgIpc) is 3.11. The number of benzene rings is 1. The quantitative estimate of drug-likeness (QED) is 0.504. The van der Waals surface area contributed by atoms with Crippen molar-refractivity contribution in [2.75, 3.05) is 19.6 Å². The van der Waals surface area contributed by atoms with Crippen LogP contribution in [0.25, 0.3) is 0 Å². The molecule has 8 nitrogen and oxygen atoms in total. The molecule has 1 saturated heterocycles. The molecule has 0 aliphatic carbocycles. The van der Waals surface area contributed by atoms with Crippen molar-refractivity contribution in [1.29, 1.82) is 0 Å². The van der Waals surface area contributed by atoms with E-state index in [-0.39, 0.29) is 35.0 Å². The smallest absolute Gasteiger partial charge is 0.251 e. The van der Waals surface area contributed by atoms with Crippen LogP contribution in [-0.2, 0) is 14.8 Å². The molecule has 2 amide bonds. The van der Waals surface area contributed by atoms with Crippen LogP contribution in [0.2, 0.25) is 0 Å². The molecule has 26 heavy (non-hydrogen) atoms. The van der Waals surface area contributed by atoms with Crippen molar-refractivity contribution in [2.24, 2.45) is 0 Å². The summed E-state index contributed by atoms with van der Waals surface area (Å²) in [4.78, 5) is 23.8. The lowest BCUT2D eigenvalue weighted by atomic mass is 10.2. The minimum atomic E-state index is -3.88. The van der Waals surface area contributed by atoms with Crippen LogP contribution in [0.1, 0.15) is 37.0 Å². The molecule has 0 unspecified atom stereocenters. The van der Waals surface area contributed by atoms with Gasteiger partial charge in [0, 0.05) is 24.2 Å². The Morgan fingerprint density at radius 2 is 2.08 bits per heavy atom. The Kier molecular flexibility index (Phi) is 7.13. The van der Waals surface area contributed by atoms with Crippen molar-refractivity contribution < 1.29 is 18.0 Å². The van der Waals surface area contributed by atoms with Crippen LogP contribution in [0, 0.1) is 0 Å². The van der Waals surface area contributed by atoms with E-state index in [0.29, 0.717) is 6.54 Å². The van der Waals surface area contributed by atoms with Crippen molar-refractivity contribution in [3.63, 3.8) is 0 Å². The maximum Gasteiger partial charge on any atom is 0.251 e. The summed E-state index contributed by atoms with van der Waals surface area (Å²) in [7, 11) is -3.88. The first-order valence-electron chi connectivity index (χ1n) is 8.68. The van der Waals surface area contributed by atoms with Crippen molar-refractivity contribution in [1.82, 2.24) is 20.7 Å². The minimum Gasteiger partial charge on any atom is -0.353 e. The van der Waals surface area contributed by atoms with Crippen LogP contribution in [-0.4, -0.2) is 52.0 Å². The van der Waals surface area contributed by atoms with Gasteiger partial charge in [0.15, 0.2) is 0 Å². The molecule has 4 N–H and O–H groups in total. The molecule has 2 rings (SSSR count). The molecule has 0 saturated carbocycles. The average molecular weight is 382 g/mol. The highest BCUT2D eigenvalue weighted by Crippen LogP contribution is 2.12. The van der Waals surface area contributed by atoms with Crippen LogP contribution in [0.4, 0.5) is 0 Å². The molecular weight excluding hydrogens is 356 g/mol. The molecule has 1 aliphatic heterocycles. The third kappa shape index (κ3) is 6.08.